The van der Waals surface area contributed by atoms with Gasteiger partial charge in [-0.3, -0.25) is 0 Å². The summed E-state index contributed by atoms with van der Waals surface area (Å²) in [5.41, 5.74) is 0. The molecule has 102 heavy (non-hydrogen) atoms. The fourth-order valence-corrected chi connectivity index (χ4v) is 13.4. The van der Waals surface area contributed by atoms with Crippen molar-refractivity contribution in [3.8, 4) is 0 Å². The van der Waals surface area contributed by atoms with E-state index < -0.39 is 329 Å². The van der Waals surface area contributed by atoms with Gasteiger partial charge in [-0.05, 0) is 6.92 Å². The molecule has 0 aromatic heterocycles. The predicted molar refractivity (Wildman–Crippen MR) is 310 cm³/mol. The maximum Gasteiger partial charge on any atom is 0.187 e. The molecule has 0 spiro atoms. The van der Waals surface area contributed by atoms with Crippen molar-refractivity contribution in [2.24, 2.45) is 0 Å². The van der Waals surface area contributed by atoms with Crippen molar-refractivity contribution in [2.75, 3.05) is 73.7 Å². The SMILES string of the molecule is COCC1O[C@@H](O[C@@H]2C(O)[C@H](O[C@@H]3C(O)[C@H](O[C@@H]4C(O)[C@H](O[C@@H]5C(O)[C@H](O[C@@H]6C(O)[C@H](C)OC(CO)[C@H]6O)OC(CO)[C@H]5O)OC(CO[C@@H]5OC(CO)[C@@H](O)[C@H](O[C@@H]6OC(CO)[C@@H](O)[C@H](O[C@@H]7OC(CO)[C@@H](O)[C@H](O)C7O)C6O)C5O)[C@H]4O)OC(CO)[C@H]3O)OC(CO)[C@H]2O)C(O)[C@@H](OC)[C@@H]1O. The van der Waals surface area contributed by atoms with Gasteiger partial charge < -0.3 is 223 Å². The van der Waals surface area contributed by atoms with Gasteiger partial charge in [0.15, 0.2) is 50.3 Å². The van der Waals surface area contributed by atoms with Crippen molar-refractivity contribution in [3.05, 3.63) is 0 Å². The average molecular weight is 1500 g/mol. The average Bonchev–Trinajstić information content (AvgIpc) is 0.776. The molecule has 18 unspecified atom stereocenters. The molecule has 596 valence electrons. The van der Waals surface area contributed by atoms with E-state index in [-0.39, 0.29) is 6.61 Å². The first-order chi connectivity index (χ1) is 48.5. The van der Waals surface area contributed by atoms with Crippen LogP contribution < -0.4 is 0 Å². The Morgan fingerprint density at radius 3 is 0.725 bits per heavy atom. The molecule has 9 rings (SSSR count). The summed E-state index contributed by atoms with van der Waals surface area (Å²) in [5, 5.41) is 288. The smallest absolute Gasteiger partial charge is 0.187 e. The van der Waals surface area contributed by atoms with Gasteiger partial charge in [0.2, 0.25) is 0 Å². The number of ether oxygens (including phenoxy) is 19. The van der Waals surface area contributed by atoms with Crippen LogP contribution >= 0.6 is 0 Å². The molecule has 0 radical (unpaired) electrons. The van der Waals surface area contributed by atoms with E-state index in [1.807, 2.05) is 0 Å². The van der Waals surface area contributed by atoms with Crippen LogP contribution in [-0.4, -0.2) is 483 Å². The molecule has 0 amide bonds. The molecular formula is C57H98O45. The Bertz CT molecular complexity index is 2490. The Morgan fingerprint density at radius 1 is 0.216 bits per heavy atom. The molecule has 45 heteroatoms. The van der Waals surface area contributed by atoms with Crippen LogP contribution in [0.2, 0.25) is 0 Å². The zero-order valence-corrected chi connectivity index (χ0v) is 54.7. The van der Waals surface area contributed by atoms with E-state index in [0.29, 0.717) is 0 Å². The highest BCUT2D eigenvalue weighted by atomic mass is 16.8. The largest absolute Gasteiger partial charge is 0.394 e. The van der Waals surface area contributed by atoms with Crippen molar-refractivity contribution in [1.82, 2.24) is 0 Å². The molecule has 0 aliphatic carbocycles. The second-order valence-electron chi connectivity index (χ2n) is 26.0. The lowest BCUT2D eigenvalue weighted by atomic mass is 9.94. The fourth-order valence-electron chi connectivity index (χ4n) is 13.4. The molecule has 9 saturated heterocycles. The Hall–Kier alpha value is -1.80. The first kappa shape index (κ1) is 84.2. The summed E-state index contributed by atoms with van der Waals surface area (Å²) in [5.74, 6) is 0. The summed E-state index contributed by atoms with van der Waals surface area (Å²) in [4.78, 5) is 0. The van der Waals surface area contributed by atoms with Crippen LogP contribution in [0.1, 0.15) is 6.92 Å². The van der Waals surface area contributed by atoms with Crippen molar-refractivity contribution in [2.45, 2.75) is 283 Å². The zero-order chi connectivity index (χ0) is 74.8. The monoisotopic (exact) mass is 1500 g/mol. The second kappa shape index (κ2) is 36.8. The van der Waals surface area contributed by atoms with E-state index in [2.05, 4.69) is 0 Å². The number of aliphatic hydroxyl groups is 26. The minimum absolute atomic E-state index is 0.286. The summed E-state index contributed by atoms with van der Waals surface area (Å²) < 4.78 is 108. The highest BCUT2D eigenvalue weighted by Crippen LogP contribution is 2.40. The van der Waals surface area contributed by atoms with E-state index in [1.165, 1.54) is 14.0 Å². The molecule has 9 aliphatic rings. The van der Waals surface area contributed by atoms with Crippen LogP contribution in [0, 0.1) is 0 Å². The number of aliphatic hydroxyl groups excluding tert-OH is 26. The fraction of sp³-hybridized carbons (Fsp3) is 1.00. The normalized spacial score (nSPS) is 52.9. The lowest BCUT2D eigenvalue weighted by molar-refractivity contribution is -0.400. The first-order valence-corrected chi connectivity index (χ1v) is 32.8. The lowest BCUT2D eigenvalue weighted by Crippen LogP contribution is -2.69. The predicted octanol–water partition coefficient (Wildman–Crippen LogP) is -18.2. The Labute approximate surface area is 578 Å². The number of methoxy groups -OCH3 is 2. The lowest BCUT2D eigenvalue weighted by Gasteiger charge is -2.50. The Balaban J connectivity index is 0.980. The number of rotatable bonds is 27. The van der Waals surface area contributed by atoms with Crippen LogP contribution in [-0.2, 0) is 90.0 Å². The first-order valence-electron chi connectivity index (χ1n) is 32.8. The molecule has 9 aliphatic heterocycles. The number of hydrogen-bond acceptors (Lipinski definition) is 45. The third kappa shape index (κ3) is 17.5. The van der Waals surface area contributed by atoms with Crippen molar-refractivity contribution < 1.29 is 223 Å². The highest BCUT2D eigenvalue weighted by molar-refractivity contribution is 5.03. The van der Waals surface area contributed by atoms with Gasteiger partial charge in [-0.15, -0.1) is 0 Å². The Morgan fingerprint density at radius 2 is 0.431 bits per heavy atom. The van der Waals surface area contributed by atoms with Gasteiger partial charge in [0.1, 0.15) is 220 Å². The molecule has 0 aromatic rings. The van der Waals surface area contributed by atoms with Gasteiger partial charge in [-0.25, -0.2) is 0 Å². The van der Waals surface area contributed by atoms with Crippen LogP contribution in [0.5, 0.6) is 0 Å². The van der Waals surface area contributed by atoms with E-state index in [0.717, 1.165) is 7.11 Å². The standard InChI is InChI=1S/C57H98O45/c1-13-23(65)43(25(67)15(5-59)87-13)96-53-38(80)48(30(72)18(8-62)90-53)101-57-41(83)49(102-56-40(82)47(29(71)20(10-64)93-56)100-55-39(81)46(28(70)19(9-63)92-55)99-52-35(77)42(85-3)31(73)21(94-52)11-84-2)32(74)22(95-57)12-86-50-36(78)44(26(68)16(6-60)88-50)98-54-37(79)45(27(69)17(7-61)91-54)97-51-34(76)33(75)24(66)14(4-58)89-51/h13-83H,4-12H2,1-3H3/t13-,14?,15?,16?,17?,18?,19?,20?,21?,22?,23?,24+,25+,26+,27+,28+,29+,30+,31+,32+,33-,34?,35?,36?,37?,38?,39?,40?,41?,42-,43+,44-,45-,46-,47-,48-,49-,50+,51-,52-,53-,54-,55-,56-,57-/m0/s1. The third-order valence-electron chi connectivity index (χ3n) is 19.4. The summed E-state index contributed by atoms with van der Waals surface area (Å²) in [6.07, 6.45) is -89.1. The van der Waals surface area contributed by atoms with Crippen LogP contribution in [0.3, 0.4) is 0 Å². The van der Waals surface area contributed by atoms with E-state index in [9.17, 15) is 133 Å². The molecule has 45 atom stereocenters. The van der Waals surface area contributed by atoms with Crippen molar-refractivity contribution in [3.63, 3.8) is 0 Å². The van der Waals surface area contributed by atoms with Crippen LogP contribution in [0.15, 0.2) is 0 Å². The van der Waals surface area contributed by atoms with E-state index >= 15 is 0 Å². The summed E-state index contributed by atoms with van der Waals surface area (Å²) >= 11 is 0. The van der Waals surface area contributed by atoms with Gasteiger partial charge in [0.25, 0.3) is 0 Å². The summed E-state index contributed by atoms with van der Waals surface area (Å²) in [6, 6.07) is 0. The van der Waals surface area contributed by atoms with Crippen molar-refractivity contribution >= 4 is 0 Å². The van der Waals surface area contributed by atoms with Gasteiger partial charge in [0, 0.05) is 14.2 Å². The quantitative estimate of drug-likeness (QED) is 0.0363. The van der Waals surface area contributed by atoms with Crippen LogP contribution in [0.4, 0.5) is 0 Å². The molecule has 0 aromatic carbocycles. The molecule has 45 nitrogen and oxygen atoms in total. The second-order valence-corrected chi connectivity index (χ2v) is 26.0. The zero-order valence-electron chi connectivity index (χ0n) is 54.7. The molecule has 9 fully saturated rings. The molecule has 0 saturated carbocycles. The van der Waals surface area contributed by atoms with E-state index in [4.69, 9.17) is 90.0 Å². The minimum atomic E-state index is -2.49. The number of hydrogen-bond donors (Lipinski definition) is 26. The topological polar surface area (TPSA) is 701 Å². The molecule has 26 N–H and O–H groups in total. The minimum Gasteiger partial charge on any atom is -0.394 e. The summed E-state index contributed by atoms with van der Waals surface area (Å²) in [7, 11) is 2.41. The molecule has 9 heterocycles. The van der Waals surface area contributed by atoms with Gasteiger partial charge in [-0.1, -0.05) is 0 Å². The molecule has 0 bridgehead atoms. The third-order valence-corrected chi connectivity index (χ3v) is 19.4. The van der Waals surface area contributed by atoms with E-state index in [1.54, 1.807) is 0 Å². The maximum atomic E-state index is 12.3. The van der Waals surface area contributed by atoms with Crippen LogP contribution in [0.25, 0.3) is 0 Å². The van der Waals surface area contributed by atoms with Gasteiger partial charge in [0.05, 0.1) is 65.6 Å². The Kier molecular flexibility index (Phi) is 30.4. The molecular weight excluding hydrogens is 1400 g/mol. The van der Waals surface area contributed by atoms with Gasteiger partial charge in [-0.2, -0.15) is 0 Å². The highest BCUT2D eigenvalue weighted by Gasteiger charge is 2.60. The van der Waals surface area contributed by atoms with Crippen molar-refractivity contribution in [1.29, 1.82) is 0 Å². The summed E-state index contributed by atoms with van der Waals surface area (Å²) in [6.45, 7) is -7.23. The maximum absolute atomic E-state index is 12.3. The van der Waals surface area contributed by atoms with Gasteiger partial charge >= 0.3 is 0 Å².